The number of Topliss-reactive ketones (excluding diaryl/α,β-unsaturated/α-hetero) is 1. The number of quaternary nitrogens is 1. The van der Waals surface area contributed by atoms with E-state index in [1.165, 1.54) is 4.90 Å². The van der Waals surface area contributed by atoms with Crippen molar-refractivity contribution in [2.24, 2.45) is 0 Å². The third kappa shape index (κ3) is 3.55. The van der Waals surface area contributed by atoms with Crippen LogP contribution in [-0.2, 0) is 9.59 Å². The van der Waals surface area contributed by atoms with Crippen molar-refractivity contribution in [1.82, 2.24) is 15.1 Å². The van der Waals surface area contributed by atoms with Gasteiger partial charge in [-0.15, -0.1) is 0 Å². The predicted molar refractivity (Wildman–Crippen MR) is 104 cm³/mol. The molecule has 1 fully saturated rings. The Morgan fingerprint density at radius 2 is 1.89 bits per heavy atom. The number of rotatable bonds is 5. The number of carbonyl (C=O) groups is 2. The van der Waals surface area contributed by atoms with E-state index in [0.29, 0.717) is 40.6 Å². The van der Waals surface area contributed by atoms with Gasteiger partial charge in [0.15, 0.2) is 0 Å². The summed E-state index contributed by atoms with van der Waals surface area (Å²) in [4.78, 5) is 28.2. The van der Waals surface area contributed by atoms with E-state index in [2.05, 4.69) is 10.2 Å². The first-order chi connectivity index (χ1) is 13.2. The van der Waals surface area contributed by atoms with E-state index in [-0.39, 0.29) is 5.57 Å². The lowest BCUT2D eigenvalue weighted by atomic mass is 9.95. The summed E-state index contributed by atoms with van der Waals surface area (Å²) in [5.74, 6) is -1.86. The first-order valence-corrected chi connectivity index (χ1v) is 9.43. The molecule has 1 saturated heterocycles. The Morgan fingerprint density at radius 3 is 2.43 bits per heavy atom. The number of halogens is 1. The summed E-state index contributed by atoms with van der Waals surface area (Å²) >= 11 is 6.00. The van der Waals surface area contributed by atoms with E-state index in [4.69, 9.17) is 11.6 Å². The van der Waals surface area contributed by atoms with Crippen molar-refractivity contribution in [3.63, 3.8) is 0 Å². The fourth-order valence-electron chi connectivity index (χ4n) is 3.46. The summed E-state index contributed by atoms with van der Waals surface area (Å²) in [5, 5.41) is 20.7. The number of amides is 1. The summed E-state index contributed by atoms with van der Waals surface area (Å²) < 4.78 is 0. The Morgan fingerprint density at radius 1 is 1.25 bits per heavy atom. The Bertz CT molecular complexity index is 927. The highest BCUT2D eigenvalue weighted by atomic mass is 35.5. The third-order valence-corrected chi connectivity index (χ3v) is 5.18. The number of carbonyl (C=O) groups excluding carboxylic acids is 2. The minimum Gasteiger partial charge on any atom is -0.872 e. The smallest absolute Gasteiger partial charge is 0.295 e. The number of aromatic amines is 1. The molecule has 1 unspecified atom stereocenters. The molecule has 1 aliphatic rings. The van der Waals surface area contributed by atoms with E-state index >= 15 is 0 Å². The highest BCUT2D eigenvalue weighted by Crippen LogP contribution is 2.39. The van der Waals surface area contributed by atoms with Crippen LogP contribution in [0.2, 0.25) is 5.02 Å². The summed E-state index contributed by atoms with van der Waals surface area (Å²) in [6.07, 6.45) is 0. The average molecular weight is 403 g/mol. The molecule has 7 nitrogen and oxygen atoms in total. The number of aryl methyl sites for hydroxylation is 2. The van der Waals surface area contributed by atoms with Crippen LogP contribution in [0.15, 0.2) is 29.8 Å². The van der Waals surface area contributed by atoms with Crippen LogP contribution in [0.25, 0.3) is 5.76 Å². The number of nitrogens with zero attached hydrogens (tertiary/aromatic N) is 2. The van der Waals surface area contributed by atoms with Crippen molar-refractivity contribution in [1.29, 1.82) is 0 Å². The molecular formula is C20H23ClN4O3. The lowest BCUT2D eigenvalue weighted by Crippen LogP contribution is -3.06. The van der Waals surface area contributed by atoms with Gasteiger partial charge in [0.05, 0.1) is 38.9 Å². The third-order valence-electron chi connectivity index (χ3n) is 4.92. The molecule has 1 atom stereocenters. The van der Waals surface area contributed by atoms with Crippen LogP contribution < -0.4 is 10.0 Å². The van der Waals surface area contributed by atoms with Gasteiger partial charge in [0, 0.05) is 21.9 Å². The maximum atomic E-state index is 13.3. The number of nitrogens with one attached hydrogen (secondary N) is 2. The van der Waals surface area contributed by atoms with Gasteiger partial charge in [-0.1, -0.05) is 29.5 Å². The first-order valence-electron chi connectivity index (χ1n) is 9.05. The summed E-state index contributed by atoms with van der Waals surface area (Å²) in [6.45, 7) is 4.43. The zero-order chi connectivity index (χ0) is 20.6. The van der Waals surface area contributed by atoms with Crippen LogP contribution in [0.3, 0.4) is 0 Å². The van der Waals surface area contributed by atoms with Crippen LogP contribution in [0.5, 0.6) is 0 Å². The van der Waals surface area contributed by atoms with Gasteiger partial charge in [-0.25, -0.2) is 0 Å². The molecule has 1 aliphatic heterocycles. The molecule has 0 saturated carbocycles. The molecule has 0 radical (unpaired) electrons. The maximum Gasteiger partial charge on any atom is 0.295 e. The Kier molecular flexibility index (Phi) is 5.58. The predicted octanol–water partition coefficient (Wildman–Crippen LogP) is 0.0484. The van der Waals surface area contributed by atoms with Gasteiger partial charge in [-0.2, -0.15) is 5.10 Å². The van der Waals surface area contributed by atoms with Gasteiger partial charge >= 0.3 is 0 Å². The second kappa shape index (κ2) is 7.77. The zero-order valence-electron chi connectivity index (χ0n) is 16.3. The number of hydrogen-bond acceptors (Lipinski definition) is 4. The molecule has 0 bridgehead atoms. The molecule has 2 N–H and O–H groups in total. The number of H-pyrrole nitrogens is 1. The van der Waals surface area contributed by atoms with E-state index in [1.54, 1.807) is 38.1 Å². The number of ketones is 1. The molecule has 1 aromatic carbocycles. The van der Waals surface area contributed by atoms with Crippen LogP contribution in [-0.4, -0.2) is 54.0 Å². The van der Waals surface area contributed by atoms with Gasteiger partial charge in [0.25, 0.3) is 5.91 Å². The monoisotopic (exact) mass is 402 g/mol. The second-order valence-electron chi connectivity index (χ2n) is 7.29. The molecule has 28 heavy (non-hydrogen) atoms. The standard InChI is InChI=1S/C20H23ClN4O3/c1-11-15(12(2)23-22-11)18(26)16-17(13-5-7-14(21)8-6-13)25(10-9-24(3)4)20(28)19(16)27/h5-8,17,26H,9-10H2,1-4H3,(H,22,23). The highest BCUT2D eigenvalue weighted by molar-refractivity contribution is 6.46. The van der Waals surface area contributed by atoms with Gasteiger partial charge in [0.1, 0.15) is 0 Å². The number of benzene rings is 1. The average Bonchev–Trinajstić information content (AvgIpc) is 3.10. The molecular weight excluding hydrogens is 380 g/mol. The highest BCUT2D eigenvalue weighted by Gasteiger charge is 2.44. The minimum atomic E-state index is -0.751. The van der Waals surface area contributed by atoms with Gasteiger partial charge in [-0.05, 0) is 31.5 Å². The summed E-state index contributed by atoms with van der Waals surface area (Å²) in [5.41, 5.74) is 2.06. The maximum absolute atomic E-state index is 13.3. The molecule has 0 spiro atoms. The van der Waals surface area contributed by atoms with Crippen LogP contribution in [0.1, 0.15) is 28.6 Å². The fourth-order valence-corrected chi connectivity index (χ4v) is 3.58. The van der Waals surface area contributed by atoms with E-state index in [0.717, 1.165) is 4.90 Å². The van der Waals surface area contributed by atoms with Crippen molar-refractivity contribution in [2.45, 2.75) is 19.9 Å². The lowest BCUT2D eigenvalue weighted by Gasteiger charge is -2.27. The number of likely N-dealkylation sites (N-methyl/N-ethyl adjacent to an activating group) is 1. The molecule has 1 amide bonds. The van der Waals surface area contributed by atoms with Crippen LogP contribution in [0.4, 0.5) is 0 Å². The Hall–Kier alpha value is -2.64. The Balaban J connectivity index is 2.18. The van der Waals surface area contributed by atoms with Crippen molar-refractivity contribution in [3.8, 4) is 0 Å². The van der Waals surface area contributed by atoms with Crippen molar-refractivity contribution in [3.05, 3.63) is 57.4 Å². The lowest BCUT2D eigenvalue weighted by molar-refractivity contribution is -0.857. The first kappa shape index (κ1) is 20.1. The molecule has 148 valence electrons. The largest absolute Gasteiger partial charge is 0.872 e. The number of likely N-dealkylation sites (tertiary alicyclic amines) is 1. The van der Waals surface area contributed by atoms with Gasteiger partial charge < -0.3 is 14.9 Å². The quantitative estimate of drug-likeness (QED) is 0.420. The van der Waals surface area contributed by atoms with Crippen molar-refractivity contribution in [2.75, 3.05) is 27.2 Å². The molecule has 2 aromatic rings. The SMILES string of the molecule is Cc1n[nH]c(C)c1C([O-])=C1C(=O)C(=O)N(CC[NH+](C)C)C1c1ccc(Cl)cc1. The molecule has 1 aromatic heterocycles. The van der Waals surface area contributed by atoms with Crippen LogP contribution >= 0.6 is 11.6 Å². The molecule has 0 aliphatic carbocycles. The van der Waals surface area contributed by atoms with Crippen LogP contribution in [0, 0.1) is 13.8 Å². The fraction of sp³-hybridized carbons (Fsp3) is 0.350. The second-order valence-corrected chi connectivity index (χ2v) is 7.73. The Labute approximate surface area is 168 Å². The van der Waals surface area contributed by atoms with E-state index < -0.39 is 23.5 Å². The molecule has 2 heterocycles. The normalized spacial score (nSPS) is 19.1. The topological polar surface area (TPSA) is 93.6 Å². The summed E-state index contributed by atoms with van der Waals surface area (Å²) in [6, 6.07) is 6.14. The molecule has 8 heteroatoms. The van der Waals surface area contributed by atoms with E-state index in [1.807, 2.05) is 14.1 Å². The minimum absolute atomic E-state index is 0.0336. The van der Waals surface area contributed by atoms with E-state index in [9.17, 15) is 14.7 Å². The van der Waals surface area contributed by atoms with Crippen molar-refractivity contribution >= 4 is 29.1 Å². The summed E-state index contributed by atoms with van der Waals surface area (Å²) in [7, 11) is 3.93. The van der Waals surface area contributed by atoms with Gasteiger partial charge in [-0.3, -0.25) is 14.7 Å². The van der Waals surface area contributed by atoms with Crippen molar-refractivity contribution < 1.29 is 19.6 Å². The molecule has 3 rings (SSSR count). The van der Waals surface area contributed by atoms with Gasteiger partial charge in [0.2, 0.25) is 5.78 Å². The zero-order valence-corrected chi connectivity index (χ0v) is 17.1. The number of hydrogen-bond donors (Lipinski definition) is 2. The number of aromatic nitrogens is 2.